The third kappa shape index (κ3) is 24.5. The molecule has 0 aromatic heterocycles. The lowest BCUT2D eigenvalue weighted by Gasteiger charge is -2.27. The summed E-state index contributed by atoms with van der Waals surface area (Å²) in [6.45, 7) is 3.15. The van der Waals surface area contributed by atoms with Crippen molar-refractivity contribution in [3.05, 3.63) is 0 Å². The van der Waals surface area contributed by atoms with Crippen molar-refractivity contribution in [2.75, 3.05) is 26.2 Å². The molecule has 0 aliphatic carbocycles. The first-order chi connectivity index (χ1) is 28.1. The molecule has 0 saturated heterocycles. The molecule has 0 aliphatic rings. The van der Waals surface area contributed by atoms with E-state index in [9.17, 15) is 48.3 Å². The van der Waals surface area contributed by atoms with Crippen LogP contribution in [-0.4, -0.2) is 138 Å². The molecule has 0 rings (SSSR count). The fraction of sp³-hybridized carbons (Fsp3) is 0.676. The van der Waals surface area contributed by atoms with E-state index in [4.69, 9.17) is 45.2 Å². The molecule has 7 amide bonds. The number of guanidine groups is 2. The smallest absolute Gasteiger partial charge is 0.322 e. The summed E-state index contributed by atoms with van der Waals surface area (Å²) in [5, 5.41) is 32.6. The van der Waals surface area contributed by atoms with Gasteiger partial charge >= 0.3 is 11.9 Å². The third-order valence-corrected chi connectivity index (χ3v) is 8.27. The van der Waals surface area contributed by atoms with Crippen molar-refractivity contribution < 1.29 is 53.4 Å². The Morgan fingerprint density at radius 3 is 1.45 bits per heavy atom. The van der Waals surface area contributed by atoms with Crippen molar-refractivity contribution >= 4 is 65.2 Å². The summed E-state index contributed by atoms with van der Waals surface area (Å²) >= 11 is 0. The second-order valence-corrected chi connectivity index (χ2v) is 14.1. The van der Waals surface area contributed by atoms with E-state index in [1.54, 1.807) is 13.8 Å². The van der Waals surface area contributed by atoms with E-state index in [-0.39, 0.29) is 69.6 Å². The van der Waals surface area contributed by atoms with Crippen LogP contribution in [0.4, 0.5) is 0 Å². The minimum atomic E-state index is -1.86. The number of primary amides is 1. The first-order valence-electron chi connectivity index (χ1n) is 19.2. The van der Waals surface area contributed by atoms with Gasteiger partial charge in [0.05, 0.1) is 18.9 Å². The highest BCUT2D eigenvalue weighted by Gasteiger charge is 2.34. The minimum absolute atomic E-state index is 0.0151. The van der Waals surface area contributed by atoms with Gasteiger partial charge < -0.3 is 82.2 Å². The number of carboxylic acid groups (broad SMARTS) is 2. The maximum Gasteiger partial charge on any atom is 0.322 e. The molecule has 26 nitrogen and oxygen atoms in total. The molecule has 0 radical (unpaired) electrons. The first kappa shape index (κ1) is 53.7. The van der Waals surface area contributed by atoms with E-state index in [1.807, 2.05) is 0 Å². The molecule has 0 aliphatic heterocycles. The molecule has 0 fully saturated rings. The highest BCUT2D eigenvalue weighted by molar-refractivity contribution is 5.99. The zero-order valence-electron chi connectivity index (χ0n) is 33.9. The van der Waals surface area contributed by atoms with Crippen LogP contribution in [0.25, 0.3) is 0 Å². The number of nitrogens with one attached hydrogen (secondary N) is 6. The van der Waals surface area contributed by atoms with Crippen molar-refractivity contribution in [3.63, 3.8) is 0 Å². The van der Waals surface area contributed by atoms with E-state index in [1.165, 1.54) is 0 Å². The molecule has 22 N–H and O–H groups in total. The van der Waals surface area contributed by atoms with Gasteiger partial charge in [-0.2, -0.15) is 0 Å². The monoisotopic (exact) mass is 857 g/mol. The van der Waals surface area contributed by atoms with Gasteiger partial charge in [0.1, 0.15) is 36.8 Å². The molecule has 26 heteroatoms. The van der Waals surface area contributed by atoms with E-state index >= 15 is 0 Å². The van der Waals surface area contributed by atoms with Crippen molar-refractivity contribution in [2.24, 2.45) is 56.0 Å². The van der Waals surface area contributed by atoms with Gasteiger partial charge in [0, 0.05) is 13.1 Å². The molecule has 0 spiro atoms. The number of amides is 7. The highest BCUT2D eigenvalue weighted by atomic mass is 16.4. The van der Waals surface area contributed by atoms with Gasteiger partial charge in [-0.25, -0.2) is 0 Å². The quantitative estimate of drug-likeness (QED) is 0.0175. The van der Waals surface area contributed by atoms with Crippen molar-refractivity contribution in [1.29, 1.82) is 0 Å². The Morgan fingerprint density at radius 1 is 0.533 bits per heavy atom. The minimum Gasteiger partial charge on any atom is -0.481 e. The van der Waals surface area contributed by atoms with Crippen molar-refractivity contribution in [3.8, 4) is 0 Å². The third-order valence-electron chi connectivity index (χ3n) is 8.27. The lowest BCUT2D eigenvalue weighted by Crippen LogP contribution is -2.60. The number of rotatable bonds is 31. The van der Waals surface area contributed by atoms with Crippen LogP contribution in [0.2, 0.25) is 0 Å². The predicted octanol–water partition coefficient (Wildman–Crippen LogP) is -6.43. The summed E-state index contributed by atoms with van der Waals surface area (Å²) in [7, 11) is 0. The number of nitrogens with zero attached hydrogens (tertiary/aromatic N) is 2. The number of carbonyl (C=O) groups excluding carboxylic acids is 7. The Hall–Kier alpha value is -6.31. The van der Waals surface area contributed by atoms with Gasteiger partial charge in [0.25, 0.3) is 0 Å². The SMILES string of the molecule is CC(C)C[C@H](NC(=O)[C@H](CC(N)=O)NC(=O)[C@H](CC(=O)O)NC(=O)[C@H](CCCCN)NC(=O)[C@@H](N)CCCN=C(N)N)C(=O)N[C@@H](CCCN=C(N)N)C(=O)NCC(=O)O. The van der Waals surface area contributed by atoms with Crippen LogP contribution in [0.1, 0.15) is 78.1 Å². The average Bonchev–Trinajstić information content (AvgIpc) is 3.14. The van der Waals surface area contributed by atoms with E-state index < -0.39 is 109 Å². The molecule has 0 bridgehead atoms. The Labute approximate surface area is 346 Å². The van der Waals surface area contributed by atoms with Crippen molar-refractivity contribution in [1.82, 2.24) is 31.9 Å². The number of nitrogens with two attached hydrogens (primary N) is 7. The maximum absolute atomic E-state index is 13.6. The van der Waals surface area contributed by atoms with E-state index in [2.05, 4.69) is 41.9 Å². The lowest BCUT2D eigenvalue weighted by molar-refractivity contribution is -0.142. The molecule has 0 heterocycles. The topological polar surface area (TPSA) is 473 Å². The molecular weight excluding hydrogens is 794 g/mol. The number of hydrogen-bond donors (Lipinski definition) is 15. The zero-order valence-corrected chi connectivity index (χ0v) is 33.9. The second kappa shape index (κ2) is 29.0. The van der Waals surface area contributed by atoms with Gasteiger partial charge in [-0.3, -0.25) is 53.1 Å². The van der Waals surface area contributed by atoms with Gasteiger partial charge in [-0.1, -0.05) is 13.8 Å². The van der Waals surface area contributed by atoms with Gasteiger partial charge in [-0.15, -0.1) is 0 Å². The van der Waals surface area contributed by atoms with Crippen LogP contribution in [-0.2, 0) is 43.2 Å². The summed E-state index contributed by atoms with van der Waals surface area (Å²) < 4.78 is 0. The van der Waals surface area contributed by atoms with Crippen LogP contribution in [0.15, 0.2) is 9.98 Å². The highest BCUT2D eigenvalue weighted by Crippen LogP contribution is 2.10. The number of carboxylic acids is 2. The fourth-order valence-electron chi connectivity index (χ4n) is 5.34. The summed E-state index contributed by atoms with van der Waals surface area (Å²) in [4.78, 5) is 122. The Kier molecular flexibility index (Phi) is 25.9. The molecule has 0 unspecified atom stereocenters. The predicted molar refractivity (Wildman–Crippen MR) is 217 cm³/mol. The van der Waals surface area contributed by atoms with Crippen LogP contribution in [0, 0.1) is 5.92 Å². The number of aliphatic carboxylic acids is 2. The zero-order chi connectivity index (χ0) is 45.9. The summed E-state index contributed by atoms with van der Waals surface area (Å²) in [5.41, 5.74) is 38.2. The number of hydrogen-bond acceptors (Lipinski definition) is 13. The van der Waals surface area contributed by atoms with Crippen LogP contribution < -0.4 is 72.0 Å². The maximum atomic E-state index is 13.6. The van der Waals surface area contributed by atoms with Gasteiger partial charge in [-0.05, 0) is 63.8 Å². The van der Waals surface area contributed by atoms with Crippen molar-refractivity contribution in [2.45, 2.75) is 114 Å². The first-order valence-corrected chi connectivity index (χ1v) is 19.2. The molecule has 0 aromatic carbocycles. The normalized spacial score (nSPS) is 13.8. The van der Waals surface area contributed by atoms with Crippen LogP contribution >= 0.6 is 0 Å². The van der Waals surface area contributed by atoms with E-state index in [0.717, 1.165) is 0 Å². The Bertz CT molecular complexity index is 1540. The fourth-order valence-corrected chi connectivity index (χ4v) is 5.34. The summed E-state index contributed by atoms with van der Waals surface area (Å²) in [6.07, 6.45) is -0.523. The van der Waals surface area contributed by atoms with Crippen LogP contribution in [0.5, 0.6) is 0 Å². The number of unbranched alkanes of at least 4 members (excludes halogenated alkanes) is 1. The Balaban J connectivity index is 6.29. The van der Waals surface area contributed by atoms with E-state index in [0.29, 0.717) is 19.3 Å². The molecular formula is C34H63N15O11. The summed E-state index contributed by atoms with van der Waals surface area (Å²) in [5.74, 6) is -10.5. The second-order valence-electron chi connectivity index (χ2n) is 14.1. The standard InChI is InChI=1S/C34H63N15O11/c1-17(2)13-21(30(58)46-19(9-6-12-43-34(40)41)28(56)44-16-26(53)54)47-31(59)22(14-24(37)50)48-32(60)23(15-25(51)52)49-29(57)20(8-3-4-10-35)45-27(55)18(36)7-5-11-42-33(38)39/h17-23H,3-16,35-36H2,1-2H3,(H2,37,50)(H,44,56)(H,45,55)(H,46,58)(H,47,59)(H,48,60)(H,49,57)(H,51,52)(H,53,54)(H4,38,39,42)(H4,40,41,43)/t18-,19-,20-,21-,22-,23-/m0/s1. The molecule has 60 heavy (non-hydrogen) atoms. The molecule has 0 saturated carbocycles. The summed E-state index contributed by atoms with van der Waals surface area (Å²) in [6, 6.07) is -8.78. The molecule has 0 aromatic rings. The number of aliphatic imine (C=N–C) groups is 2. The lowest BCUT2D eigenvalue weighted by atomic mass is 10.0. The van der Waals surface area contributed by atoms with Crippen LogP contribution in [0.3, 0.4) is 0 Å². The molecule has 6 atom stereocenters. The van der Waals surface area contributed by atoms with Gasteiger partial charge in [0.2, 0.25) is 41.4 Å². The molecule has 340 valence electrons. The Morgan fingerprint density at radius 2 is 0.967 bits per heavy atom. The largest absolute Gasteiger partial charge is 0.481 e. The van der Waals surface area contributed by atoms with Gasteiger partial charge in [0.15, 0.2) is 11.9 Å². The number of carbonyl (C=O) groups is 9. The average molecular weight is 858 g/mol.